The van der Waals surface area contributed by atoms with Crippen molar-refractivity contribution in [3.05, 3.63) is 12.4 Å². The zero-order valence-corrected chi connectivity index (χ0v) is 12.5. The van der Waals surface area contributed by atoms with Crippen molar-refractivity contribution in [3.63, 3.8) is 0 Å². The highest BCUT2D eigenvalue weighted by atomic mass is 35.5. The SMILES string of the molecule is CC(C)Cn1cc(NC(=O)C(C)C2CNC2)cn1.Cl. The monoisotopic (exact) mass is 286 g/mol. The van der Waals surface area contributed by atoms with Crippen LogP contribution in [0.4, 0.5) is 5.69 Å². The quantitative estimate of drug-likeness (QED) is 0.867. The van der Waals surface area contributed by atoms with Gasteiger partial charge in [0, 0.05) is 18.7 Å². The average Bonchev–Trinajstić information content (AvgIpc) is 2.61. The number of hydrogen-bond acceptors (Lipinski definition) is 3. The highest BCUT2D eigenvalue weighted by Gasteiger charge is 2.28. The van der Waals surface area contributed by atoms with Gasteiger partial charge in [-0.3, -0.25) is 9.48 Å². The fraction of sp³-hybridized carbons (Fsp3) is 0.692. The van der Waals surface area contributed by atoms with Crippen LogP contribution in [0.1, 0.15) is 20.8 Å². The maximum atomic E-state index is 12.0. The summed E-state index contributed by atoms with van der Waals surface area (Å²) in [5, 5.41) is 10.4. The molecule has 1 aromatic rings. The molecule has 1 amide bonds. The summed E-state index contributed by atoms with van der Waals surface area (Å²) >= 11 is 0. The fourth-order valence-corrected chi connectivity index (χ4v) is 2.04. The number of halogens is 1. The largest absolute Gasteiger partial charge is 0.323 e. The summed E-state index contributed by atoms with van der Waals surface area (Å²) < 4.78 is 1.87. The fourth-order valence-electron chi connectivity index (χ4n) is 2.04. The third-order valence-electron chi connectivity index (χ3n) is 3.39. The molecule has 0 saturated carbocycles. The molecule has 2 N–H and O–H groups in total. The van der Waals surface area contributed by atoms with Crippen LogP contribution in [0.15, 0.2) is 12.4 Å². The molecule has 0 radical (unpaired) electrons. The van der Waals surface area contributed by atoms with Crippen molar-refractivity contribution in [2.24, 2.45) is 17.8 Å². The van der Waals surface area contributed by atoms with Crippen LogP contribution in [0.5, 0.6) is 0 Å². The number of nitrogens with one attached hydrogen (secondary N) is 2. The Hall–Kier alpha value is -1.07. The minimum atomic E-state index is 0. The molecule has 1 aliphatic heterocycles. The highest BCUT2D eigenvalue weighted by molar-refractivity contribution is 5.92. The first-order valence-corrected chi connectivity index (χ1v) is 6.60. The van der Waals surface area contributed by atoms with Crippen molar-refractivity contribution < 1.29 is 4.79 Å². The molecule has 0 aliphatic carbocycles. The van der Waals surface area contributed by atoms with Gasteiger partial charge in [-0.05, 0) is 24.9 Å². The van der Waals surface area contributed by atoms with E-state index >= 15 is 0 Å². The second-order valence-corrected chi connectivity index (χ2v) is 5.54. The smallest absolute Gasteiger partial charge is 0.227 e. The molecule has 5 nitrogen and oxygen atoms in total. The Kier molecular flexibility index (Phi) is 5.82. The van der Waals surface area contributed by atoms with E-state index in [1.54, 1.807) is 6.20 Å². The Bertz CT molecular complexity index is 415. The molecule has 1 fully saturated rings. The minimum Gasteiger partial charge on any atom is -0.323 e. The van der Waals surface area contributed by atoms with Crippen molar-refractivity contribution in [2.75, 3.05) is 18.4 Å². The molecule has 1 aromatic heterocycles. The molecule has 1 aliphatic rings. The molecule has 0 bridgehead atoms. The molecule has 6 heteroatoms. The van der Waals surface area contributed by atoms with Crippen molar-refractivity contribution in [1.82, 2.24) is 15.1 Å². The molecule has 1 unspecified atom stereocenters. The first-order chi connectivity index (χ1) is 8.56. The van der Waals surface area contributed by atoms with Gasteiger partial charge in [0.2, 0.25) is 5.91 Å². The van der Waals surface area contributed by atoms with Crippen LogP contribution in [0, 0.1) is 17.8 Å². The van der Waals surface area contributed by atoms with Crippen molar-refractivity contribution in [3.8, 4) is 0 Å². The zero-order valence-electron chi connectivity index (χ0n) is 11.7. The van der Waals surface area contributed by atoms with Crippen molar-refractivity contribution >= 4 is 24.0 Å². The van der Waals surface area contributed by atoms with Crippen molar-refractivity contribution in [1.29, 1.82) is 0 Å². The predicted molar refractivity (Wildman–Crippen MR) is 78.5 cm³/mol. The number of anilines is 1. The number of amides is 1. The minimum absolute atomic E-state index is 0. The van der Waals surface area contributed by atoms with Gasteiger partial charge in [-0.25, -0.2) is 0 Å². The van der Waals surface area contributed by atoms with E-state index in [0.29, 0.717) is 11.8 Å². The van der Waals surface area contributed by atoms with Gasteiger partial charge in [-0.1, -0.05) is 20.8 Å². The Balaban J connectivity index is 0.00000180. The van der Waals surface area contributed by atoms with Crippen LogP contribution >= 0.6 is 12.4 Å². The molecule has 108 valence electrons. The van der Waals surface area contributed by atoms with E-state index < -0.39 is 0 Å². The van der Waals surface area contributed by atoms with Gasteiger partial charge in [0.1, 0.15) is 0 Å². The van der Waals surface area contributed by atoms with E-state index in [2.05, 4.69) is 29.6 Å². The van der Waals surface area contributed by atoms with Crippen molar-refractivity contribution in [2.45, 2.75) is 27.3 Å². The van der Waals surface area contributed by atoms with Crippen LogP contribution in [0.25, 0.3) is 0 Å². The molecular weight excluding hydrogens is 264 g/mol. The maximum absolute atomic E-state index is 12.0. The summed E-state index contributed by atoms with van der Waals surface area (Å²) in [7, 11) is 0. The standard InChI is InChI=1S/C13H22N4O.ClH/c1-9(2)7-17-8-12(6-15-17)16-13(18)10(3)11-4-14-5-11;/h6,8-11,14H,4-5,7H2,1-3H3,(H,16,18);1H. The molecule has 0 spiro atoms. The molecular formula is C13H23ClN4O. The normalized spacial score (nSPS) is 16.6. The van der Waals surface area contributed by atoms with Gasteiger partial charge in [0.05, 0.1) is 11.9 Å². The van der Waals surface area contributed by atoms with E-state index in [0.717, 1.165) is 25.3 Å². The Morgan fingerprint density at radius 2 is 2.21 bits per heavy atom. The number of aromatic nitrogens is 2. The molecule has 19 heavy (non-hydrogen) atoms. The molecule has 0 aromatic carbocycles. The Morgan fingerprint density at radius 3 is 2.74 bits per heavy atom. The van der Waals surface area contributed by atoms with E-state index in [4.69, 9.17) is 0 Å². The maximum Gasteiger partial charge on any atom is 0.227 e. The number of hydrogen-bond donors (Lipinski definition) is 2. The van der Waals surface area contributed by atoms with E-state index in [1.807, 2.05) is 17.8 Å². The average molecular weight is 287 g/mol. The first-order valence-electron chi connectivity index (χ1n) is 6.60. The molecule has 1 saturated heterocycles. The lowest BCUT2D eigenvalue weighted by molar-refractivity contribution is -0.121. The van der Waals surface area contributed by atoms with Gasteiger partial charge in [0.15, 0.2) is 0 Å². The summed E-state index contributed by atoms with van der Waals surface area (Å²) in [5.74, 6) is 1.16. The number of carbonyl (C=O) groups excluding carboxylic acids is 1. The van der Waals surface area contributed by atoms with Gasteiger partial charge in [0.25, 0.3) is 0 Å². The third kappa shape index (κ3) is 4.21. The van der Waals surface area contributed by atoms with Crippen LogP contribution in [0.3, 0.4) is 0 Å². The lowest BCUT2D eigenvalue weighted by atomic mass is 9.88. The summed E-state index contributed by atoms with van der Waals surface area (Å²) in [6, 6.07) is 0. The number of carbonyl (C=O) groups is 1. The van der Waals surface area contributed by atoms with Crippen LogP contribution in [-0.2, 0) is 11.3 Å². The lowest BCUT2D eigenvalue weighted by Gasteiger charge is -2.31. The van der Waals surface area contributed by atoms with E-state index in [9.17, 15) is 4.79 Å². The topological polar surface area (TPSA) is 59.0 Å². The number of rotatable bonds is 5. The summed E-state index contributed by atoms with van der Waals surface area (Å²) in [4.78, 5) is 12.0. The third-order valence-corrected chi connectivity index (χ3v) is 3.39. The van der Waals surface area contributed by atoms with Gasteiger partial charge < -0.3 is 10.6 Å². The van der Waals surface area contributed by atoms with Gasteiger partial charge in [-0.15, -0.1) is 12.4 Å². The molecule has 2 heterocycles. The Labute approximate surface area is 120 Å². The van der Waals surface area contributed by atoms with Crippen LogP contribution < -0.4 is 10.6 Å². The lowest BCUT2D eigenvalue weighted by Crippen LogP contribution is -2.48. The zero-order chi connectivity index (χ0) is 13.1. The number of nitrogens with zero attached hydrogens (tertiary/aromatic N) is 2. The van der Waals surface area contributed by atoms with Gasteiger partial charge >= 0.3 is 0 Å². The molecule has 2 rings (SSSR count). The predicted octanol–water partition coefficient (Wildman–Crippen LogP) is 1.75. The van der Waals surface area contributed by atoms with E-state index in [1.165, 1.54) is 0 Å². The van der Waals surface area contributed by atoms with Crippen LogP contribution in [0.2, 0.25) is 0 Å². The second-order valence-electron chi connectivity index (χ2n) is 5.54. The molecule has 1 atom stereocenters. The summed E-state index contributed by atoms with van der Waals surface area (Å²) in [6.45, 7) is 9.04. The first kappa shape index (κ1) is 16.0. The Morgan fingerprint density at radius 1 is 1.53 bits per heavy atom. The van der Waals surface area contributed by atoms with Gasteiger partial charge in [-0.2, -0.15) is 5.10 Å². The second kappa shape index (κ2) is 6.91. The summed E-state index contributed by atoms with van der Waals surface area (Å²) in [5.41, 5.74) is 0.791. The summed E-state index contributed by atoms with van der Waals surface area (Å²) in [6.07, 6.45) is 3.61. The van der Waals surface area contributed by atoms with Crippen LogP contribution in [-0.4, -0.2) is 28.8 Å². The highest BCUT2D eigenvalue weighted by Crippen LogP contribution is 2.18. The van der Waals surface area contributed by atoms with E-state index in [-0.39, 0.29) is 24.2 Å².